The molecule has 4 aromatic rings. The number of aromatic nitrogens is 1. The number of aryl methyl sites for hydroxylation is 1. The summed E-state index contributed by atoms with van der Waals surface area (Å²) in [6, 6.07) is 16.5. The molecule has 1 amide bonds. The Balaban J connectivity index is 1.42. The molecular formula is C32H37FN4O5S. The zero-order valence-electron chi connectivity index (χ0n) is 24.8. The van der Waals surface area contributed by atoms with Crippen LogP contribution in [0.5, 0.6) is 5.88 Å². The Kier molecular flexibility index (Phi) is 8.77. The van der Waals surface area contributed by atoms with Crippen LogP contribution in [0.3, 0.4) is 0 Å². The first-order valence-electron chi connectivity index (χ1n) is 14.2. The molecule has 2 heterocycles. The molecule has 0 saturated carbocycles. The Labute approximate surface area is 251 Å². The molecular weight excluding hydrogens is 571 g/mol. The third kappa shape index (κ3) is 7.18. The molecule has 5 rings (SSSR count). The van der Waals surface area contributed by atoms with Gasteiger partial charge in [-0.2, -0.15) is 0 Å². The normalized spacial score (nSPS) is 14.5. The zero-order chi connectivity index (χ0) is 30.8. The van der Waals surface area contributed by atoms with Gasteiger partial charge in [-0.05, 0) is 65.4 Å². The fraction of sp³-hybridized carbons (Fsp3) is 0.344. The maximum atomic E-state index is 14.7. The lowest BCUT2D eigenvalue weighted by Gasteiger charge is -2.26. The van der Waals surface area contributed by atoms with Crippen molar-refractivity contribution in [3.8, 4) is 17.0 Å². The summed E-state index contributed by atoms with van der Waals surface area (Å²) in [7, 11) is -3.89. The predicted molar refractivity (Wildman–Crippen MR) is 166 cm³/mol. The molecule has 9 nitrogen and oxygen atoms in total. The number of nitrogens with zero attached hydrogens (tertiary/aromatic N) is 1. The number of sulfonamides is 1. The first-order chi connectivity index (χ1) is 20.4. The Morgan fingerprint density at radius 1 is 1.05 bits per heavy atom. The molecule has 0 atom stereocenters. The molecule has 0 aliphatic carbocycles. The van der Waals surface area contributed by atoms with Gasteiger partial charge in [0.1, 0.15) is 5.82 Å². The molecule has 1 saturated heterocycles. The van der Waals surface area contributed by atoms with E-state index in [1.54, 1.807) is 49.4 Å². The van der Waals surface area contributed by atoms with Gasteiger partial charge < -0.3 is 19.8 Å². The Morgan fingerprint density at radius 3 is 2.44 bits per heavy atom. The molecule has 228 valence electrons. The number of rotatable bonds is 8. The largest absolute Gasteiger partial charge is 0.413 e. The van der Waals surface area contributed by atoms with Crippen molar-refractivity contribution in [1.29, 1.82) is 0 Å². The second-order valence-electron chi connectivity index (χ2n) is 11.7. The lowest BCUT2D eigenvalue weighted by Crippen LogP contribution is -2.41. The Hall–Kier alpha value is -3.93. The average Bonchev–Trinajstić information content (AvgIpc) is 3.31. The van der Waals surface area contributed by atoms with Crippen molar-refractivity contribution in [2.45, 2.75) is 38.0 Å². The maximum Gasteiger partial charge on any atom is 0.413 e. The average molecular weight is 609 g/mol. The molecule has 0 radical (unpaired) electrons. The summed E-state index contributed by atoms with van der Waals surface area (Å²) in [5.74, 6) is -0.289. The molecule has 1 fully saturated rings. The summed E-state index contributed by atoms with van der Waals surface area (Å²) in [5, 5.41) is 3.32. The Morgan fingerprint density at radius 2 is 1.77 bits per heavy atom. The standard InChI is InChI=1S/C32H37FN4O5S/c1-21-5-6-22(19-27(21)33)29-26-20-24(36-43(39,40)25-10-7-23(8-11-25)32(2,3)4)9-12-28(26)35-30(29)42-31(38)34-13-14-37-15-17-41-18-16-37/h5-12,19-20,35-36H,13-18H2,1-4H3,(H,34,38). The van der Waals surface area contributed by atoms with Gasteiger partial charge in [0.05, 0.1) is 23.7 Å². The van der Waals surface area contributed by atoms with Crippen LogP contribution < -0.4 is 14.8 Å². The molecule has 0 bridgehead atoms. The number of ether oxygens (including phenoxy) is 2. The minimum Gasteiger partial charge on any atom is -0.393 e. The number of hydrogen-bond donors (Lipinski definition) is 3. The van der Waals surface area contributed by atoms with Gasteiger partial charge in [-0.25, -0.2) is 17.6 Å². The van der Waals surface area contributed by atoms with Gasteiger partial charge in [-0.15, -0.1) is 0 Å². The van der Waals surface area contributed by atoms with E-state index in [1.165, 1.54) is 6.07 Å². The van der Waals surface area contributed by atoms with Crippen LogP contribution in [0, 0.1) is 12.7 Å². The molecule has 3 aromatic carbocycles. The molecule has 0 unspecified atom stereocenters. The summed E-state index contributed by atoms with van der Waals surface area (Å²) in [4.78, 5) is 18.2. The molecule has 1 aromatic heterocycles. The van der Waals surface area contributed by atoms with Gasteiger partial charge in [0.2, 0.25) is 5.88 Å². The summed E-state index contributed by atoms with van der Waals surface area (Å²) in [5.41, 5.74) is 3.19. The summed E-state index contributed by atoms with van der Waals surface area (Å²) in [6.45, 7) is 11.8. The monoisotopic (exact) mass is 608 g/mol. The van der Waals surface area contributed by atoms with E-state index in [9.17, 15) is 17.6 Å². The molecule has 1 aliphatic rings. The van der Waals surface area contributed by atoms with Crippen molar-refractivity contribution in [2.24, 2.45) is 0 Å². The van der Waals surface area contributed by atoms with E-state index >= 15 is 0 Å². The number of carbonyl (C=O) groups excluding carboxylic acids is 1. The van der Waals surface area contributed by atoms with E-state index in [0.717, 1.165) is 18.7 Å². The van der Waals surface area contributed by atoms with Crippen molar-refractivity contribution < 1.29 is 27.1 Å². The van der Waals surface area contributed by atoms with Crippen LogP contribution in [0.4, 0.5) is 14.9 Å². The van der Waals surface area contributed by atoms with Crippen LogP contribution >= 0.6 is 0 Å². The lowest BCUT2D eigenvalue weighted by molar-refractivity contribution is 0.0385. The molecule has 43 heavy (non-hydrogen) atoms. The lowest BCUT2D eigenvalue weighted by atomic mass is 9.87. The van der Waals surface area contributed by atoms with Crippen molar-refractivity contribution >= 4 is 32.7 Å². The predicted octanol–water partition coefficient (Wildman–Crippen LogP) is 5.80. The zero-order valence-corrected chi connectivity index (χ0v) is 25.6. The number of amides is 1. The van der Waals surface area contributed by atoms with E-state index in [2.05, 4.69) is 40.7 Å². The third-order valence-corrected chi connectivity index (χ3v) is 8.90. The maximum absolute atomic E-state index is 14.7. The number of aromatic amines is 1. The smallest absolute Gasteiger partial charge is 0.393 e. The SMILES string of the molecule is Cc1ccc(-c2c(OC(=O)NCCN3CCOCC3)[nH]c3ccc(NS(=O)(=O)c4ccc(C(C)(C)C)cc4)cc23)cc1F. The van der Waals surface area contributed by atoms with Gasteiger partial charge in [-0.3, -0.25) is 9.62 Å². The summed E-state index contributed by atoms with van der Waals surface area (Å²) in [6.07, 6.45) is -0.659. The van der Waals surface area contributed by atoms with Crippen LogP contribution in [0.1, 0.15) is 31.9 Å². The van der Waals surface area contributed by atoms with E-state index in [4.69, 9.17) is 9.47 Å². The first-order valence-corrected chi connectivity index (χ1v) is 15.7. The number of H-pyrrole nitrogens is 1. The van der Waals surface area contributed by atoms with Crippen LogP contribution in [0.2, 0.25) is 0 Å². The van der Waals surface area contributed by atoms with Crippen molar-refractivity contribution in [1.82, 2.24) is 15.2 Å². The topological polar surface area (TPSA) is 113 Å². The van der Waals surface area contributed by atoms with E-state index in [0.29, 0.717) is 59.6 Å². The third-order valence-electron chi connectivity index (χ3n) is 7.50. The number of nitrogens with one attached hydrogen (secondary N) is 3. The van der Waals surface area contributed by atoms with Gasteiger partial charge in [-0.1, -0.05) is 45.0 Å². The van der Waals surface area contributed by atoms with Crippen LogP contribution in [0.15, 0.2) is 65.6 Å². The first kappa shape index (κ1) is 30.5. The minimum atomic E-state index is -3.89. The number of hydrogen-bond acceptors (Lipinski definition) is 6. The number of fused-ring (bicyclic) bond motifs is 1. The van der Waals surface area contributed by atoms with E-state index in [-0.39, 0.29) is 16.2 Å². The molecule has 0 spiro atoms. The van der Waals surface area contributed by atoms with Crippen LogP contribution in [-0.4, -0.2) is 63.8 Å². The van der Waals surface area contributed by atoms with Crippen LogP contribution in [0.25, 0.3) is 22.0 Å². The van der Waals surface area contributed by atoms with Gasteiger partial charge >= 0.3 is 6.09 Å². The fourth-order valence-electron chi connectivity index (χ4n) is 4.96. The highest BCUT2D eigenvalue weighted by Gasteiger charge is 2.22. The highest BCUT2D eigenvalue weighted by atomic mass is 32.2. The second kappa shape index (κ2) is 12.4. The quantitative estimate of drug-likeness (QED) is 0.233. The fourth-order valence-corrected chi connectivity index (χ4v) is 6.01. The van der Waals surface area contributed by atoms with Gasteiger partial charge in [0.15, 0.2) is 0 Å². The highest BCUT2D eigenvalue weighted by Crippen LogP contribution is 2.39. The number of carbonyl (C=O) groups is 1. The number of morpholine rings is 1. The van der Waals surface area contributed by atoms with E-state index < -0.39 is 21.9 Å². The number of halogens is 1. The Bertz CT molecular complexity index is 1720. The van der Waals surface area contributed by atoms with Crippen molar-refractivity contribution in [2.75, 3.05) is 44.1 Å². The molecule has 3 N–H and O–H groups in total. The van der Waals surface area contributed by atoms with Gasteiger partial charge in [0, 0.05) is 42.8 Å². The van der Waals surface area contributed by atoms with Crippen LogP contribution in [-0.2, 0) is 20.2 Å². The number of benzene rings is 3. The summed E-state index contributed by atoms with van der Waals surface area (Å²) < 4.78 is 54.8. The van der Waals surface area contributed by atoms with Crippen molar-refractivity contribution in [3.05, 3.63) is 77.6 Å². The highest BCUT2D eigenvalue weighted by molar-refractivity contribution is 7.92. The second-order valence-corrected chi connectivity index (χ2v) is 13.4. The number of anilines is 1. The molecule has 1 aliphatic heterocycles. The van der Waals surface area contributed by atoms with Gasteiger partial charge in [0.25, 0.3) is 10.0 Å². The van der Waals surface area contributed by atoms with E-state index in [1.807, 2.05) is 12.1 Å². The van der Waals surface area contributed by atoms with Crippen molar-refractivity contribution in [3.63, 3.8) is 0 Å². The summed E-state index contributed by atoms with van der Waals surface area (Å²) >= 11 is 0. The minimum absolute atomic E-state index is 0.111. The molecule has 11 heteroatoms.